The topological polar surface area (TPSA) is 27.0 Å². The number of hydrogen-bond acceptors (Lipinski definition) is 2. The minimum absolute atomic E-state index is 0.540. The Morgan fingerprint density at radius 1 is 1.55 bits per heavy atom. The average molecular weight is 152 g/mol. The van der Waals surface area contributed by atoms with Crippen molar-refractivity contribution in [3.05, 3.63) is 12.2 Å². The fourth-order valence-corrected chi connectivity index (χ4v) is 0.906. The molecule has 0 aromatic carbocycles. The van der Waals surface area contributed by atoms with Crippen LogP contribution in [0, 0.1) is 11.3 Å². The SMILES string of the molecule is CC=CCN(CC#N)CCC. The van der Waals surface area contributed by atoms with Gasteiger partial charge < -0.3 is 0 Å². The largest absolute Gasteiger partial charge is 0.287 e. The lowest BCUT2D eigenvalue weighted by Gasteiger charge is -2.14. The van der Waals surface area contributed by atoms with Crippen LogP contribution in [0.5, 0.6) is 0 Å². The zero-order valence-electron chi connectivity index (χ0n) is 7.38. The molecule has 0 aromatic heterocycles. The van der Waals surface area contributed by atoms with Crippen molar-refractivity contribution in [1.82, 2.24) is 4.90 Å². The van der Waals surface area contributed by atoms with Crippen molar-refractivity contribution in [3.63, 3.8) is 0 Å². The Kier molecular flexibility index (Phi) is 6.76. The first-order chi connectivity index (χ1) is 5.35. The van der Waals surface area contributed by atoms with Crippen LogP contribution in [0.25, 0.3) is 0 Å². The normalized spacial score (nSPS) is 10.7. The van der Waals surface area contributed by atoms with E-state index in [0.29, 0.717) is 6.54 Å². The van der Waals surface area contributed by atoms with Crippen molar-refractivity contribution in [1.29, 1.82) is 5.26 Å². The highest BCUT2D eigenvalue weighted by atomic mass is 15.1. The molecule has 0 rings (SSSR count). The highest BCUT2D eigenvalue weighted by Crippen LogP contribution is 1.90. The Balaban J connectivity index is 3.61. The van der Waals surface area contributed by atoms with Gasteiger partial charge in [0.15, 0.2) is 0 Å². The molecule has 0 fully saturated rings. The van der Waals surface area contributed by atoms with Crippen LogP contribution >= 0.6 is 0 Å². The predicted octanol–water partition coefficient (Wildman–Crippen LogP) is 1.80. The second kappa shape index (κ2) is 7.30. The van der Waals surface area contributed by atoms with Crippen LogP contribution in [0.1, 0.15) is 20.3 Å². The lowest BCUT2D eigenvalue weighted by Crippen LogP contribution is -2.24. The molecular weight excluding hydrogens is 136 g/mol. The monoisotopic (exact) mass is 152 g/mol. The van der Waals surface area contributed by atoms with Crippen LogP contribution in [0.4, 0.5) is 0 Å². The van der Waals surface area contributed by atoms with Crippen LogP contribution < -0.4 is 0 Å². The van der Waals surface area contributed by atoms with Crippen LogP contribution in [-0.2, 0) is 0 Å². The van der Waals surface area contributed by atoms with Gasteiger partial charge in [-0.3, -0.25) is 4.90 Å². The molecule has 0 aromatic rings. The summed E-state index contributed by atoms with van der Waals surface area (Å²) >= 11 is 0. The number of hydrogen-bond donors (Lipinski definition) is 0. The molecule has 0 heterocycles. The maximum atomic E-state index is 8.45. The summed E-state index contributed by atoms with van der Waals surface area (Å²) in [5.74, 6) is 0. The first-order valence-corrected chi connectivity index (χ1v) is 4.05. The van der Waals surface area contributed by atoms with Crippen molar-refractivity contribution < 1.29 is 0 Å². The van der Waals surface area contributed by atoms with E-state index in [1.807, 2.05) is 13.0 Å². The third kappa shape index (κ3) is 5.63. The van der Waals surface area contributed by atoms with Crippen molar-refractivity contribution in [2.75, 3.05) is 19.6 Å². The fraction of sp³-hybridized carbons (Fsp3) is 0.667. The highest BCUT2D eigenvalue weighted by molar-refractivity contribution is 4.85. The molecule has 11 heavy (non-hydrogen) atoms. The lowest BCUT2D eigenvalue weighted by molar-refractivity contribution is 0.339. The van der Waals surface area contributed by atoms with E-state index >= 15 is 0 Å². The second-order valence-corrected chi connectivity index (χ2v) is 2.46. The van der Waals surface area contributed by atoms with E-state index in [0.717, 1.165) is 19.5 Å². The van der Waals surface area contributed by atoms with Crippen molar-refractivity contribution in [2.45, 2.75) is 20.3 Å². The number of nitrogens with zero attached hydrogens (tertiary/aromatic N) is 2. The van der Waals surface area contributed by atoms with Crippen molar-refractivity contribution >= 4 is 0 Å². The molecular formula is C9H16N2. The van der Waals surface area contributed by atoms with Gasteiger partial charge in [-0.15, -0.1) is 0 Å². The van der Waals surface area contributed by atoms with E-state index in [-0.39, 0.29) is 0 Å². The minimum Gasteiger partial charge on any atom is -0.287 e. The molecule has 0 amide bonds. The van der Waals surface area contributed by atoms with E-state index in [9.17, 15) is 0 Å². The summed E-state index contributed by atoms with van der Waals surface area (Å²) in [5, 5.41) is 8.45. The smallest absolute Gasteiger partial charge is 0.0868 e. The van der Waals surface area contributed by atoms with Crippen LogP contribution in [0.3, 0.4) is 0 Å². The van der Waals surface area contributed by atoms with Gasteiger partial charge in [0.2, 0.25) is 0 Å². The molecule has 0 aliphatic carbocycles. The van der Waals surface area contributed by atoms with Crippen LogP contribution in [0.2, 0.25) is 0 Å². The molecule has 0 atom stereocenters. The average Bonchev–Trinajstić information content (AvgIpc) is 2.01. The molecule has 2 nitrogen and oxygen atoms in total. The molecule has 62 valence electrons. The minimum atomic E-state index is 0.540. The predicted molar refractivity (Wildman–Crippen MR) is 47.2 cm³/mol. The molecule has 0 saturated heterocycles. The molecule has 0 bridgehead atoms. The standard InChI is InChI=1S/C9H16N2/c1-3-5-8-11(7-4-2)9-6-10/h3,5H,4,7-9H2,1-2H3. The quantitative estimate of drug-likeness (QED) is 0.443. The summed E-state index contributed by atoms with van der Waals surface area (Å²) in [5.41, 5.74) is 0. The third-order valence-corrected chi connectivity index (χ3v) is 1.43. The summed E-state index contributed by atoms with van der Waals surface area (Å²) in [6.07, 6.45) is 5.20. The number of nitriles is 1. The summed E-state index contributed by atoms with van der Waals surface area (Å²) in [6.45, 7) is 6.57. The van der Waals surface area contributed by atoms with Gasteiger partial charge in [0.25, 0.3) is 0 Å². The molecule has 0 unspecified atom stereocenters. The molecule has 0 N–H and O–H groups in total. The molecule has 2 heteroatoms. The van der Waals surface area contributed by atoms with Gasteiger partial charge in [-0.2, -0.15) is 5.26 Å². The molecule has 0 aliphatic heterocycles. The van der Waals surface area contributed by atoms with E-state index < -0.39 is 0 Å². The van der Waals surface area contributed by atoms with E-state index in [1.165, 1.54) is 0 Å². The third-order valence-electron chi connectivity index (χ3n) is 1.43. The molecule has 0 saturated carbocycles. The Hall–Kier alpha value is -0.810. The van der Waals surface area contributed by atoms with Gasteiger partial charge in [-0.05, 0) is 19.9 Å². The first kappa shape index (κ1) is 10.2. The van der Waals surface area contributed by atoms with Gasteiger partial charge in [-0.25, -0.2) is 0 Å². The van der Waals surface area contributed by atoms with Gasteiger partial charge in [-0.1, -0.05) is 19.1 Å². The van der Waals surface area contributed by atoms with Gasteiger partial charge in [0.1, 0.15) is 0 Å². The summed E-state index contributed by atoms with van der Waals surface area (Å²) in [6, 6.07) is 2.15. The van der Waals surface area contributed by atoms with E-state index in [1.54, 1.807) is 0 Å². The number of allylic oxidation sites excluding steroid dienone is 1. The van der Waals surface area contributed by atoms with Crippen LogP contribution in [0.15, 0.2) is 12.2 Å². The van der Waals surface area contributed by atoms with Gasteiger partial charge in [0.05, 0.1) is 12.6 Å². The molecule has 0 spiro atoms. The first-order valence-electron chi connectivity index (χ1n) is 4.05. The van der Waals surface area contributed by atoms with Crippen molar-refractivity contribution in [2.24, 2.45) is 0 Å². The Labute approximate surface area is 69.1 Å². The summed E-state index contributed by atoms with van der Waals surface area (Å²) in [7, 11) is 0. The molecule has 0 aliphatic rings. The lowest BCUT2D eigenvalue weighted by atomic mass is 10.4. The zero-order chi connectivity index (χ0) is 8.53. The fourth-order valence-electron chi connectivity index (χ4n) is 0.906. The Morgan fingerprint density at radius 2 is 2.27 bits per heavy atom. The zero-order valence-corrected chi connectivity index (χ0v) is 7.38. The summed E-state index contributed by atoms with van der Waals surface area (Å²) < 4.78 is 0. The van der Waals surface area contributed by atoms with Gasteiger partial charge >= 0.3 is 0 Å². The molecule has 0 radical (unpaired) electrons. The highest BCUT2D eigenvalue weighted by Gasteiger charge is 1.97. The Bertz CT molecular complexity index is 144. The van der Waals surface area contributed by atoms with Gasteiger partial charge in [0, 0.05) is 6.54 Å². The van der Waals surface area contributed by atoms with E-state index in [2.05, 4.69) is 24.0 Å². The van der Waals surface area contributed by atoms with Crippen molar-refractivity contribution in [3.8, 4) is 6.07 Å². The van der Waals surface area contributed by atoms with Crippen LogP contribution in [-0.4, -0.2) is 24.5 Å². The number of rotatable bonds is 5. The maximum absolute atomic E-state index is 8.45. The van der Waals surface area contributed by atoms with E-state index in [4.69, 9.17) is 5.26 Å². The maximum Gasteiger partial charge on any atom is 0.0868 e. The Morgan fingerprint density at radius 3 is 2.73 bits per heavy atom. The second-order valence-electron chi connectivity index (χ2n) is 2.46. The summed E-state index contributed by atoms with van der Waals surface area (Å²) in [4.78, 5) is 2.12.